The summed E-state index contributed by atoms with van der Waals surface area (Å²) in [5.74, 6) is 0. The van der Waals surface area contributed by atoms with Crippen molar-refractivity contribution in [2.24, 2.45) is 0 Å². The maximum absolute atomic E-state index is 8.98. The molecule has 0 spiro atoms. The number of thioether (sulfide) groups is 1. The van der Waals surface area contributed by atoms with Crippen LogP contribution in [0.2, 0.25) is 0 Å². The van der Waals surface area contributed by atoms with Crippen molar-refractivity contribution < 1.29 is 5.11 Å². The highest BCUT2D eigenvalue weighted by Crippen LogP contribution is 2.19. The molecule has 0 aliphatic rings. The van der Waals surface area contributed by atoms with Crippen molar-refractivity contribution >= 4 is 11.8 Å². The first kappa shape index (κ1) is 14.6. The van der Waals surface area contributed by atoms with Crippen LogP contribution >= 0.6 is 11.8 Å². The second kappa shape index (κ2) is 7.75. The number of rotatable bonds is 7. The lowest BCUT2D eigenvalue weighted by atomic mass is 10.1. The van der Waals surface area contributed by atoms with Gasteiger partial charge in [-0.1, -0.05) is 19.1 Å². The molecule has 2 nitrogen and oxygen atoms in total. The van der Waals surface area contributed by atoms with E-state index < -0.39 is 0 Å². The van der Waals surface area contributed by atoms with Crippen molar-refractivity contribution in [2.75, 3.05) is 12.9 Å². The van der Waals surface area contributed by atoms with E-state index in [0.29, 0.717) is 12.1 Å². The normalized spacial score (nSPS) is 14.6. The van der Waals surface area contributed by atoms with Crippen molar-refractivity contribution in [3.8, 4) is 0 Å². The molecule has 0 heterocycles. The first-order valence-corrected chi connectivity index (χ1v) is 7.44. The van der Waals surface area contributed by atoms with Crippen LogP contribution in [0.4, 0.5) is 0 Å². The van der Waals surface area contributed by atoms with Crippen LogP contribution in [-0.4, -0.2) is 24.0 Å². The van der Waals surface area contributed by atoms with Gasteiger partial charge in [-0.05, 0) is 43.7 Å². The summed E-state index contributed by atoms with van der Waals surface area (Å²) in [5, 5.41) is 12.5. The monoisotopic (exact) mass is 253 g/mol. The van der Waals surface area contributed by atoms with Crippen LogP contribution in [0, 0.1) is 0 Å². The Bertz CT molecular complexity index is 313. The van der Waals surface area contributed by atoms with Crippen LogP contribution in [0.15, 0.2) is 29.2 Å². The number of hydrogen-bond acceptors (Lipinski definition) is 3. The van der Waals surface area contributed by atoms with Gasteiger partial charge < -0.3 is 10.4 Å². The van der Waals surface area contributed by atoms with Gasteiger partial charge in [0.05, 0.1) is 0 Å². The molecular weight excluding hydrogens is 230 g/mol. The molecule has 17 heavy (non-hydrogen) atoms. The molecule has 0 fully saturated rings. The van der Waals surface area contributed by atoms with Crippen molar-refractivity contribution in [1.82, 2.24) is 5.32 Å². The largest absolute Gasteiger partial charge is 0.396 e. The molecule has 0 aromatic heterocycles. The van der Waals surface area contributed by atoms with Gasteiger partial charge in [0, 0.05) is 23.6 Å². The van der Waals surface area contributed by atoms with E-state index in [2.05, 4.69) is 49.7 Å². The number of benzene rings is 1. The van der Waals surface area contributed by atoms with E-state index in [-0.39, 0.29) is 6.61 Å². The summed E-state index contributed by atoms with van der Waals surface area (Å²) in [6.07, 6.45) is 3.96. The Morgan fingerprint density at radius 1 is 1.29 bits per heavy atom. The van der Waals surface area contributed by atoms with Crippen LogP contribution in [0.25, 0.3) is 0 Å². The van der Waals surface area contributed by atoms with Gasteiger partial charge in [-0.15, -0.1) is 11.8 Å². The molecule has 2 unspecified atom stereocenters. The molecule has 0 saturated heterocycles. The highest BCUT2D eigenvalue weighted by molar-refractivity contribution is 7.98. The first-order chi connectivity index (χ1) is 8.21. The lowest BCUT2D eigenvalue weighted by molar-refractivity contribution is 0.257. The minimum atomic E-state index is 0.254. The number of hydrogen-bond donors (Lipinski definition) is 2. The zero-order valence-electron chi connectivity index (χ0n) is 10.9. The van der Waals surface area contributed by atoms with E-state index in [1.54, 1.807) is 11.8 Å². The fourth-order valence-corrected chi connectivity index (χ4v) is 2.31. The summed E-state index contributed by atoms with van der Waals surface area (Å²) < 4.78 is 0. The minimum absolute atomic E-state index is 0.254. The van der Waals surface area contributed by atoms with E-state index in [1.165, 1.54) is 10.5 Å². The summed E-state index contributed by atoms with van der Waals surface area (Å²) >= 11 is 1.76. The summed E-state index contributed by atoms with van der Waals surface area (Å²) in [6.45, 7) is 4.58. The zero-order chi connectivity index (χ0) is 12.7. The summed E-state index contributed by atoms with van der Waals surface area (Å²) in [6, 6.07) is 9.40. The molecule has 1 rings (SSSR count). The molecule has 0 aliphatic carbocycles. The topological polar surface area (TPSA) is 32.3 Å². The van der Waals surface area contributed by atoms with Crippen molar-refractivity contribution in [2.45, 2.75) is 43.7 Å². The first-order valence-electron chi connectivity index (χ1n) is 6.22. The molecule has 0 aliphatic heterocycles. The van der Waals surface area contributed by atoms with Crippen LogP contribution in [0.1, 0.15) is 38.3 Å². The second-order valence-electron chi connectivity index (χ2n) is 4.28. The smallest absolute Gasteiger partial charge is 0.0445 e. The molecule has 96 valence electrons. The average Bonchev–Trinajstić information content (AvgIpc) is 2.38. The lowest BCUT2D eigenvalue weighted by Gasteiger charge is -2.22. The van der Waals surface area contributed by atoms with E-state index in [1.807, 2.05) is 0 Å². The van der Waals surface area contributed by atoms with Gasteiger partial charge >= 0.3 is 0 Å². The molecule has 2 N–H and O–H groups in total. The second-order valence-corrected chi connectivity index (χ2v) is 5.16. The SMILES string of the molecule is CCC(CCO)NC(C)c1ccc(SC)cc1. The minimum Gasteiger partial charge on any atom is -0.396 e. The van der Waals surface area contributed by atoms with Gasteiger partial charge in [0.25, 0.3) is 0 Å². The summed E-state index contributed by atoms with van der Waals surface area (Å²) in [4.78, 5) is 1.29. The predicted molar refractivity (Wildman–Crippen MR) is 75.6 cm³/mol. The third-order valence-corrected chi connectivity index (χ3v) is 3.82. The summed E-state index contributed by atoms with van der Waals surface area (Å²) in [5.41, 5.74) is 1.30. The van der Waals surface area contributed by atoms with Gasteiger partial charge in [-0.25, -0.2) is 0 Å². The van der Waals surface area contributed by atoms with Crippen LogP contribution in [-0.2, 0) is 0 Å². The molecule has 0 saturated carbocycles. The van der Waals surface area contributed by atoms with Crippen LogP contribution < -0.4 is 5.32 Å². The standard InChI is InChI=1S/C14H23NOS/c1-4-13(9-10-16)15-11(2)12-5-7-14(17-3)8-6-12/h5-8,11,13,15-16H,4,9-10H2,1-3H3. The van der Waals surface area contributed by atoms with Gasteiger partial charge in [0.2, 0.25) is 0 Å². The maximum Gasteiger partial charge on any atom is 0.0445 e. The molecule has 0 amide bonds. The molecule has 1 aromatic carbocycles. The lowest BCUT2D eigenvalue weighted by Crippen LogP contribution is -2.31. The predicted octanol–water partition coefficient (Wildman–Crippen LogP) is 3.22. The van der Waals surface area contributed by atoms with Gasteiger partial charge in [0.1, 0.15) is 0 Å². The van der Waals surface area contributed by atoms with Crippen LogP contribution in [0.5, 0.6) is 0 Å². The highest BCUT2D eigenvalue weighted by Gasteiger charge is 2.11. The quantitative estimate of drug-likeness (QED) is 0.732. The molecule has 2 atom stereocenters. The summed E-state index contributed by atoms with van der Waals surface area (Å²) in [7, 11) is 0. The molecule has 1 aromatic rings. The third kappa shape index (κ3) is 4.70. The Hall–Kier alpha value is -0.510. The number of aliphatic hydroxyl groups excluding tert-OH is 1. The van der Waals surface area contributed by atoms with E-state index in [4.69, 9.17) is 5.11 Å². The average molecular weight is 253 g/mol. The Morgan fingerprint density at radius 3 is 2.41 bits per heavy atom. The van der Waals surface area contributed by atoms with E-state index in [9.17, 15) is 0 Å². The fraction of sp³-hybridized carbons (Fsp3) is 0.571. The van der Waals surface area contributed by atoms with Crippen molar-refractivity contribution in [3.63, 3.8) is 0 Å². The van der Waals surface area contributed by atoms with E-state index >= 15 is 0 Å². The van der Waals surface area contributed by atoms with E-state index in [0.717, 1.165) is 12.8 Å². The Labute approximate surface area is 109 Å². The zero-order valence-corrected chi connectivity index (χ0v) is 11.8. The van der Waals surface area contributed by atoms with Gasteiger partial charge in [0.15, 0.2) is 0 Å². The fourth-order valence-electron chi connectivity index (χ4n) is 1.90. The number of aliphatic hydroxyl groups is 1. The molecule has 0 radical (unpaired) electrons. The third-order valence-electron chi connectivity index (χ3n) is 3.07. The number of nitrogens with one attached hydrogen (secondary N) is 1. The molecular formula is C14H23NOS. The Balaban J connectivity index is 2.58. The van der Waals surface area contributed by atoms with Crippen molar-refractivity contribution in [3.05, 3.63) is 29.8 Å². The van der Waals surface area contributed by atoms with Crippen molar-refractivity contribution in [1.29, 1.82) is 0 Å². The maximum atomic E-state index is 8.98. The molecule has 0 bridgehead atoms. The Kier molecular flexibility index (Phi) is 6.63. The van der Waals surface area contributed by atoms with Gasteiger partial charge in [-0.2, -0.15) is 0 Å². The highest BCUT2D eigenvalue weighted by atomic mass is 32.2. The molecule has 3 heteroatoms. The van der Waals surface area contributed by atoms with Gasteiger partial charge in [-0.3, -0.25) is 0 Å². The van der Waals surface area contributed by atoms with Crippen LogP contribution in [0.3, 0.4) is 0 Å². The Morgan fingerprint density at radius 2 is 1.94 bits per heavy atom.